The summed E-state index contributed by atoms with van der Waals surface area (Å²) in [5.74, 6) is -0.478. The Bertz CT molecular complexity index is 790. The summed E-state index contributed by atoms with van der Waals surface area (Å²) in [4.78, 5) is 26.7. The highest BCUT2D eigenvalue weighted by molar-refractivity contribution is 6.37. The number of anilines is 1. The normalized spacial score (nSPS) is 10.7. The van der Waals surface area contributed by atoms with E-state index in [0.717, 1.165) is 19.6 Å². The number of carbonyl (C=O) groups is 2. The fourth-order valence-electron chi connectivity index (χ4n) is 2.55. The molecule has 0 aliphatic heterocycles. The Balaban J connectivity index is 1.92. The molecule has 0 aliphatic rings. The second-order valence-electron chi connectivity index (χ2n) is 5.94. The van der Waals surface area contributed by atoms with Gasteiger partial charge in [0.2, 0.25) is 0 Å². The highest BCUT2D eigenvalue weighted by atomic mass is 35.5. The van der Waals surface area contributed by atoms with E-state index in [4.69, 9.17) is 23.2 Å². The van der Waals surface area contributed by atoms with Crippen molar-refractivity contribution in [3.63, 3.8) is 0 Å². The van der Waals surface area contributed by atoms with Crippen molar-refractivity contribution in [2.24, 2.45) is 0 Å². The Morgan fingerprint density at radius 2 is 1.63 bits per heavy atom. The zero-order chi connectivity index (χ0) is 19.8. The molecule has 0 radical (unpaired) electrons. The molecule has 2 aromatic rings. The van der Waals surface area contributed by atoms with Gasteiger partial charge < -0.3 is 15.5 Å². The number of hydrogen-bond acceptors (Lipinski definition) is 3. The van der Waals surface area contributed by atoms with Crippen LogP contribution in [0.5, 0.6) is 0 Å². The number of likely N-dealkylation sites (N-methyl/N-ethyl adjacent to an activating group) is 1. The first-order valence-electron chi connectivity index (χ1n) is 8.81. The molecular formula is C20H23Cl2N3O2. The van der Waals surface area contributed by atoms with E-state index < -0.39 is 0 Å². The van der Waals surface area contributed by atoms with E-state index in [0.29, 0.717) is 28.4 Å². The number of carbonyl (C=O) groups excluding carboxylic acids is 2. The topological polar surface area (TPSA) is 61.4 Å². The van der Waals surface area contributed by atoms with E-state index in [1.54, 1.807) is 36.4 Å². The van der Waals surface area contributed by atoms with E-state index in [1.807, 2.05) is 0 Å². The van der Waals surface area contributed by atoms with E-state index in [-0.39, 0.29) is 16.8 Å². The van der Waals surface area contributed by atoms with Crippen LogP contribution in [-0.4, -0.2) is 42.9 Å². The highest BCUT2D eigenvalue weighted by Crippen LogP contribution is 2.22. The summed E-state index contributed by atoms with van der Waals surface area (Å²) >= 11 is 11.9. The third-order valence-electron chi connectivity index (χ3n) is 4.19. The van der Waals surface area contributed by atoms with Crippen LogP contribution in [0.15, 0.2) is 42.5 Å². The minimum atomic E-state index is -0.340. The van der Waals surface area contributed by atoms with Gasteiger partial charge >= 0.3 is 0 Å². The molecule has 0 spiro atoms. The molecule has 0 aromatic heterocycles. The summed E-state index contributed by atoms with van der Waals surface area (Å²) in [5, 5.41) is 6.40. The fourth-order valence-corrected chi connectivity index (χ4v) is 3.04. The van der Waals surface area contributed by atoms with E-state index in [9.17, 15) is 9.59 Å². The summed E-state index contributed by atoms with van der Waals surface area (Å²) in [6.45, 7) is 7.50. The maximum Gasteiger partial charge on any atom is 0.257 e. The summed E-state index contributed by atoms with van der Waals surface area (Å²) in [6, 6.07) is 11.4. The second-order valence-corrected chi connectivity index (χ2v) is 6.78. The predicted octanol–water partition coefficient (Wildman–Crippen LogP) is 4.32. The Hall–Kier alpha value is -2.08. The van der Waals surface area contributed by atoms with Crippen LogP contribution in [0.25, 0.3) is 0 Å². The average molecular weight is 408 g/mol. The Morgan fingerprint density at radius 1 is 0.963 bits per heavy atom. The molecular weight excluding hydrogens is 385 g/mol. The monoisotopic (exact) mass is 407 g/mol. The first-order valence-corrected chi connectivity index (χ1v) is 9.57. The third kappa shape index (κ3) is 6.24. The molecule has 144 valence electrons. The molecule has 0 bridgehead atoms. The van der Waals surface area contributed by atoms with Crippen molar-refractivity contribution in [1.29, 1.82) is 0 Å². The third-order valence-corrected chi connectivity index (χ3v) is 4.74. The minimum absolute atomic E-state index is 0.138. The van der Waals surface area contributed by atoms with E-state index in [2.05, 4.69) is 29.4 Å². The predicted molar refractivity (Wildman–Crippen MR) is 111 cm³/mol. The van der Waals surface area contributed by atoms with Crippen molar-refractivity contribution < 1.29 is 9.59 Å². The first kappa shape index (κ1) is 21.2. The first-order chi connectivity index (χ1) is 12.9. The molecule has 2 rings (SSSR count). The van der Waals surface area contributed by atoms with Gasteiger partial charge in [-0.15, -0.1) is 0 Å². The van der Waals surface area contributed by atoms with Gasteiger partial charge in [0.05, 0.1) is 10.6 Å². The number of hydrogen-bond donors (Lipinski definition) is 2. The molecule has 0 unspecified atom stereocenters. The molecule has 0 saturated carbocycles. The number of nitrogens with zero attached hydrogens (tertiary/aromatic N) is 1. The van der Waals surface area contributed by atoms with Crippen molar-refractivity contribution in [1.82, 2.24) is 10.2 Å². The van der Waals surface area contributed by atoms with Crippen LogP contribution in [-0.2, 0) is 0 Å². The maximum atomic E-state index is 12.3. The standard InChI is InChI=1S/C20H23Cl2N3O2/c1-3-25(4-2)12-11-23-19(26)14-5-8-16(9-6-14)24-20(27)17-10-7-15(21)13-18(17)22/h5-10,13H,3-4,11-12H2,1-2H3,(H,23,26)(H,24,27). The number of halogens is 2. The molecule has 27 heavy (non-hydrogen) atoms. The average Bonchev–Trinajstić information content (AvgIpc) is 2.65. The molecule has 5 nitrogen and oxygen atoms in total. The van der Waals surface area contributed by atoms with Gasteiger partial charge in [-0.25, -0.2) is 0 Å². The highest BCUT2D eigenvalue weighted by Gasteiger charge is 2.12. The Morgan fingerprint density at radius 3 is 2.22 bits per heavy atom. The smallest absolute Gasteiger partial charge is 0.257 e. The van der Waals surface area contributed by atoms with Gasteiger partial charge in [-0.1, -0.05) is 37.0 Å². The number of nitrogens with one attached hydrogen (secondary N) is 2. The van der Waals surface area contributed by atoms with Crippen LogP contribution in [0, 0.1) is 0 Å². The quantitative estimate of drug-likeness (QED) is 0.684. The molecule has 0 fully saturated rings. The number of benzene rings is 2. The van der Waals surface area contributed by atoms with Gasteiger partial charge in [0, 0.05) is 29.4 Å². The second kappa shape index (κ2) is 10.3. The van der Waals surface area contributed by atoms with Gasteiger partial charge in [0.1, 0.15) is 0 Å². The van der Waals surface area contributed by atoms with E-state index >= 15 is 0 Å². The fraction of sp³-hybridized carbons (Fsp3) is 0.300. The molecule has 0 heterocycles. The van der Waals surface area contributed by atoms with Crippen molar-refractivity contribution in [3.05, 3.63) is 63.6 Å². The van der Waals surface area contributed by atoms with E-state index in [1.165, 1.54) is 6.07 Å². The molecule has 0 atom stereocenters. The van der Waals surface area contributed by atoms with Gasteiger partial charge in [-0.3, -0.25) is 9.59 Å². The van der Waals surface area contributed by atoms with Gasteiger partial charge in [-0.05, 0) is 55.6 Å². The van der Waals surface area contributed by atoms with Crippen LogP contribution >= 0.6 is 23.2 Å². The molecule has 2 aromatic carbocycles. The molecule has 7 heteroatoms. The molecule has 2 amide bonds. The summed E-state index contributed by atoms with van der Waals surface area (Å²) < 4.78 is 0. The molecule has 2 N–H and O–H groups in total. The van der Waals surface area contributed by atoms with Crippen LogP contribution < -0.4 is 10.6 Å². The zero-order valence-electron chi connectivity index (χ0n) is 15.4. The van der Waals surface area contributed by atoms with Gasteiger partial charge in [0.15, 0.2) is 0 Å². The maximum absolute atomic E-state index is 12.3. The summed E-state index contributed by atoms with van der Waals surface area (Å²) in [5.41, 5.74) is 1.45. The van der Waals surface area contributed by atoms with Crippen molar-refractivity contribution in [3.8, 4) is 0 Å². The van der Waals surface area contributed by atoms with Crippen LogP contribution in [0.3, 0.4) is 0 Å². The lowest BCUT2D eigenvalue weighted by molar-refractivity contribution is 0.0948. The van der Waals surface area contributed by atoms with Crippen molar-refractivity contribution in [2.45, 2.75) is 13.8 Å². The Kier molecular flexibility index (Phi) is 8.10. The Labute approximate surface area is 169 Å². The lowest BCUT2D eigenvalue weighted by atomic mass is 10.1. The lowest BCUT2D eigenvalue weighted by Crippen LogP contribution is -2.34. The lowest BCUT2D eigenvalue weighted by Gasteiger charge is -2.18. The molecule has 0 saturated heterocycles. The van der Waals surface area contributed by atoms with Crippen molar-refractivity contribution in [2.75, 3.05) is 31.5 Å². The van der Waals surface area contributed by atoms with Crippen LogP contribution in [0.2, 0.25) is 10.0 Å². The van der Waals surface area contributed by atoms with Crippen LogP contribution in [0.4, 0.5) is 5.69 Å². The largest absolute Gasteiger partial charge is 0.351 e. The summed E-state index contributed by atoms with van der Waals surface area (Å²) in [7, 11) is 0. The summed E-state index contributed by atoms with van der Waals surface area (Å²) in [6.07, 6.45) is 0. The van der Waals surface area contributed by atoms with Crippen molar-refractivity contribution >= 4 is 40.7 Å². The number of rotatable bonds is 8. The minimum Gasteiger partial charge on any atom is -0.351 e. The zero-order valence-corrected chi connectivity index (χ0v) is 16.9. The van der Waals surface area contributed by atoms with Gasteiger partial charge in [0.25, 0.3) is 11.8 Å². The van der Waals surface area contributed by atoms with Crippen LogP contribution in [0.1, 0.15) is 34.6 Å². The number of amides is 2. The molecule has 0 aliphatic carbocycles. The van der Waals surface area contributed by atoms with Gasteiger partial charge in [-0.2, -0.15) is 0 Å². The SMILES string of the molecule is CCN(CC)CCNC(=O)c1ccc(NC(=O)c2ccc(Cl)cc2Cl)cc1.